The molecule has 1 heterocycles. The van der Waals surface area contributed by atoms with E-state index in [4.69, 9.17) is 4.74 Å². The first-order valence-electron chi connectivity index (χ1n) is 9.49. The van der Waals surface area contributed by atoms with E-state index in [1.165, 1.54) is 38.5 Å². The molecule has 0 radical (unpaired) electrons. The van der Waals surface area contributed by atoms with Crippen LogP contribution in [0.25, 0.3) is 11.1 Å². The van der Waals surface area contributed by atoms with Gasteiger partial charge in [0, 0.05) is 12.4 Å². The Balaban J connectivity index is 1.75. The van der Waals surface area contributed by atoms with E-state index >= 15 is 0 Å². The van der Waals surface area contributed by atoms with Crippen LogP contribution >= 0.6 is 0 Å². The van der Waals surface area contributed by atoms with Crippen LogP contribution in [0, 0.1) is 0 Å². The molecule has 25 heavy (non-hydrogen) atoms. The molecular weight excluding hydrogens is 310 g/mol. The smallest absolute Gasteiger partial charge is 0.340 e. The molecule has 0 unspecified atom stereocenters. The lowest BCUT2D eigenvalue weighted by Gasteiger charge is -2.09. The molecule has 1 aromatic carbocycles. The van der Waals surface area contributed by atoms with Crippen molar-refractivity contribution >= 4 is 5.97 Å². The summed E-state index contributed by atoms with van der Waals surface area (Å²) in [7, 11) is 0. The van der Waals surface area contributed by atoms with Gasteiger partial charge < -0.3 is 4.74 Å². The number of carbonyl (C=O) groups excluding carboxylic acids is 1. The number of aromatic nitrogens is 1. The molecule has 134 valence electrons. The normalized spacial score (nSPS) is 10.6. The Kier molecular flexibility index (Phi) is 8.74. The van der Waals surface area contributed by atoms with Gasteiger partial charge >= 0.3 is 5.97 Å². The predicted octanol–water partition coefficient (Wildman–Crippen LogP) is 6.05. The highest BCUT2D eigenvalue weighted by Crippen LogP contribution is 2.23. The number of nitrogens with zero attached hydrogens (tertiary/aromatic N) is 1. The molecule has 0 bridgehead atoms. The molecule has 3 heteroatoms. The summed E-state index contributed by atoms with van der Waals surface area (Å²) in [6, 6.07) is 11.7. The van der Waals surface area contributed by atoms with E-state index in [-0.39, 0.29) is 5.97 Å². The molecular formula is C22H29NO2. The summed E-state index contributed by atoms with van der Waals surface area (Å²) >= 11 is 0. The van der Waals surface area contributed by atoms with Crippen LogP contribution in [0.15, 0.2) is 48.8 Å². The number of rotatable bonds is 11. The van der Waals surface area contributed by atoms with Gasteiger partial charge in [0.25, 0.3) is 0 Å². The monoisotopic (exact) mass is 339 g/mol. The third kappa shape index (κ3) is 6.69. The maximum atomic E-state index is 12.4. The Labute approximate surface area is 151 Å². The molecule has 0 spiro atoms. The van der Waals surface area contributed by atoms with Crippen molar-refractivity contribution in [1.29, 1.82) is 0 Å². The first-order valence-corrected chi connectivity index (χ1v) is 9.49. The predicted molar refractivity (Wildman–Crippen MR) is 103 cm³/mol. The van der Waals surface area contributed by atoms with E-state index in [9.17, 15) is 4.79 Å². The SMILES string of the molecule is CCCCCCCCCCOC(=O)c1cnccc1-c1ccccc1. The van der Waals surface area contributed by atoms with E-state index in [1.54, 1.807) is 12.4 Å². The highest BCUT2D eigenvalue weighted by Gasteiger charge is 2.14. The molecule has 3 nitrogen and oxygen atoms in total. The molecule has 0 aliphatic rings. The second-order valence-electron chi connectivity index (χ2n) is 6.40. The number of unbranched alkanes of at least 4 members (excludes halogenated alkanes) is 7. The lowest BCUT2D eigenvalue weighted by molar-refractivity contribution is 0.0498. The molecule has 2 aromatic rings. The molecule has 0 N–H and O–H groups in total. The minimum atomic E-state index is -0.283. The van der Waals surface area contributed by atoms with Crippen LogP contribution in [-0.2, 0) is 4.74 Å². The van der Waals surface area contributed by atoms with Crippen LogP contribution in [-0.4, -0.2) is 17.6 Å². The van der Waals surface area contributed by atoms with Crippen molar-refractivity contribution in [2.24, 2.45) is 0 Å². The molecule has 1 aromatic heterocycles. The number of pyridine rings is 1. The first-order chi connectivity index (χ1) is 12.3. The van der Waals surface area contributed by atoms with E-state index < -0.39 is 0 Å². The molecule has 2 rings (SSSR count). The standard InChI is InChI=1S/C22H29NO2/c1-2-3-4-5-6-7-8-12-17-25-22(24)21-18-23-16-15-20(21)19-13-10-9-11-14-19/h9-11,13-16,18H,2-8,12,17H2,1H3. The van der Waals surface area contributed by atoms with Crippen molar-refractivity contribution in [3.05, 3.63) is 54.4 Å². The fraction of sp³-hybridized carbons (Fsp3) is 0.455. The Morgan fingerprint density at radius 1 is 0.920 bits per heavy atom. The second kappa shape index (κ2) is 11.4. The largest absolute Gasteiger partial charge is 0.462 e. The molecule has 0 saturated heterocycles. The number of ether oxygens (including phenoxy) is 1. The maximum absolute atomic E-state index is 12.4. The summed E-state index contributed by atoms with van der Waals surface area (Å²) < 4.78 is 5.46. The Morgan fingerprint density at radius 2 is 1.60 bits per heavy atom. The minimum Gasteiger partial charge on any atom is -0.462 e. The van der Waals surface area contributed by atoms with E-state index in [0.29, 0.717) is 12.2 Å². The molecule has 0 saturated carbocycles. The van der Waals surface area contributed by atoms with Crippen molar-refractivity contribution in [3.63, 3.8) is 0 Å². The van der Waals surface area contributed by atoms with Crippen LogP contribution < -0.4 is 0 Å². The Morgan fingerprint density at radius 3 is 2.32 bits per heavy atom. The van der Waals surface area contributed by atoms with E-state index in [0.717, 1.165) is 24.0 Å². The van der Waals surface area contributed by atoms with Crippen molar-refractivity contribution < 1.29 is 9.53 Å². The maximum Gasteiger partial charge on any atom is 0.340 e. The van der Waals surface area contributed by atoms with Crippen LogP contribution in [0.3, 0.4) is 0 Å². The molecule has 0 fully saturated rings. The Bertz CT molecular complexity index is 625. The van der Waals surface area contributed by atoms with Crippen LogP contribution in [0.1, 0.15) is 68.6 Å². The van der Waals surface area contributed by atoms with Crippen LogP contribution in [0.5, 0.6) is 0 Å². The van der Waals surface area contributed by atoms with Gasteiger partial charge in [-0.05, 0) is 23.6 Å². The number of hydrogen-bond acceptors (Lipinski definition) is 3. The quantitative estimate of drug-likeness (QED) is 0.370. The van der Waals surface area contributed by atoms with E-state index in [1.807, 2.05) is 36.4 Å². The zero-order valence-corrected chi connectivity index (χ0v) is 15.2. The number of benzene rings is 1. The van der Waals surface area contributed by atoms with Crippen molar-refractivity contribution in [3.8, 4) is 11.1 Å². The van der Waals surface area contributed by atoms with Crippen molar-refractivity contribution in [2.45, 2.75) is 58.3 Å². The topological polar surface area (TPSA) is 39.2 Å². The van der Waals surface area contributed by atoms with Crippen LogP contribution in [0.4, 0.5) is 0 Å². The van der Waals surface area contributed by atoms with Crippen molar-refractivity contribution in [2.75, 3.05) is 6.61 Å². The lowest BCUT2D eigenvalue weighted by atomic mass is 10.0. The lowest BCUT2D eigenvalue weighted by Crippen LogP contribution is -2.08. The van der Waals surface area contributed by atoms with Gasteiger partial charge in [-0.1, -0.05) is 82.2 Å². The number of carbonyl (C=O) groups is 1. The molecule has 0 aliphatic heterocycles. The number of esters is 1. The fourth-order valence-electron chi connectivity index (χ4n) is 2.91. The van der Waals surface area contributed by atoms with Gasteiger partial charge in [0.2, 0.25) is 0 Å². The fourth-order valence-corrected chi connectivity index (χ4v) is 2.91. The molecule has 0 atom stereocenters. The summed E-state index contributed by atoms with van der Waals surface area (Å²) in [6.07, 6.45) is 13.2. The zero-order chi connectivity index (χ0) is 17.7. The van der Waals surface area contributed by atoms with Gasteiger partial charge in [0.05, 0.1) is 12.2 Å². The minimum absolute atomic E-state index is 0.283. The Hall–Kier alpha value is -2.16. The van der Waals surface area contributed by atoms with Gasteiger partial charge in [-0.2, -0.15) is 0 Å². The molecule has 0 amide bonds. The highest BCUT2D eigenvalue weighted by atomic mass is 16.5. The van der Waals surface area contributed by atoms with Gasteiger partial charge in [0.15, 0.2) is 0 Å². The average Bonchev–Trinajstić information content (AvgIpc) is 2.67. The van der Waals surface area contributed by atoms with Crippen molar-refractivity contribution in [1.82, 2.24) is 4.98 Å². The zero-order valence-electron chi connectivity index (χ0n) is 15.2. The summed E-state index contributed by atoms with van der Waals surface area (Å²) in [5.74, 6) is -0.283. The van der Waals surface area contributed by atoms with Gasteiger partial charge in [-0.25, -0.2) is 4.79 Å². The third-order valence-electron chi connectivity index (χ3n) is 4.36. The summed E-state index contributed by atoms with van der Waals surface area (Å²) in [6.45, 7) is 2.72. The third-order valence-corrected chi connectivity index (χ3v) is 4.36. The van der Waals surface area contributed by atoms with E-state index in [2.05, 4.69) is 11.9 Å². The van der Waals surface area contributed by atoms with Gasteiger partial charge in [0.1, 0.15) is 0 Å². The average molecular weight is 339 g/mol. The number of hydrogen-bond donors (Lipinski definition) is 0. The second-order valence-corrected chi connectivity index (χ2v) is 6.40. The van der Waals surface area contributed by atoms with Gasteiger partial charge in [-0.3, -0.25) is 4.98 Å². The van der Waals surface area contributed by atoms with Crippen LogP contribution in [0.2, 0.25) is 0 Å². The highest BCUT2D eigenvalue weighted by molar-refractivity contribution is 5.96. The van der Waals surface area contributed by atoms with Gasteiger partial charge in [-0.15, -0.1) is 0 Å². The summed E-state index contributed by atoms with van der Waals surface area (Å²) in [4.78, 5) is 16.5. The summed E-state index contributed by atoms with van der Waals surface area (Å²) in [5.41, 5.74) is 2.41. The molecule has 0 aliphatic carbocycles. The first kappa shape index (κ1) is 19.2. The summed E-state index contributed by atoms with van der Waals surface area (Å²) in [5, 5.41) is 0.